The van der Waals surface area contributed by atoms with E-state index in [9.17, 15) is 14.4 Å². The fourth-order valence-corrected chi connectivity index (χ4v) is 2.56. The van der Waals surface area contributed by atoms with Crippen LogP contribution in [0.2, 0.25) is 0 Å². The maximum absolute atomic E-state index is 11.9. The molecule has 0 saturated carbocycles. The van der Waals surface area contributed by atoms with Gasteiger partial charge in [-0.3, -0.25) is 14.9 Å². The van der Waals surface area contributed by atoms with Crippen LogP contribution < -0.4 is 10.6 Å². The summed E-state index contributed by atoms with van der Waals surface area (Å²) in [7, 11) is 0. The van der Waals surface area contributed by atoms with Gasteiger partial charge in [-0.15, -0.1) is 0 Å². The zero-order chi connectivity index (χ0) is 12.0. The number of ketones is 1. The van der Waals surface area contributed by atoms with Crippen LogP contribution in [0.15, 0.2) is 24.3 Å². The molecule has 2 N–H and O–H groups in total. The molecule has 1 atom stereocenters. The molecule has 17 heavy (non-hydrogen) atoms. The summed E-state index contributed by atoms with van der Waals surface area (Å²) in [4.78, 5) is 34.9. The van der Waals surface area contributed by atoms with Crippen LogP contribution in [0.25, 0.3) is 0 Å². The highest BCUT2D eigenvalue weighted by Crippen LogP contribution is 2.35. The van der Waals surface area contributed by atoms with Gasteiger partial charge < -0.3 is 5.32 Å². The lowest BCUT2D eigenvalue weighted by molar-refractivity contribution is -0.130. The summed E-state index contributed by atoms with van der Waals surface area (Å²) in [5.74, 6) is -0.482. The lowest BCUT2D eigenvalue weighted by atomic mass is 9.76. The topological polar surface area (TPSA) is 75.3 Å². The minimum atomic E-state index is -1.19. The number of benzene rings is 1. The first kappa shape index (κ1) is 10.0. The third-order valence-electron chi connectivity index (χ3n) is 3.27. The van der Waals surface area contributed by atoms with E-state index >= 15 is 0 Å². The zero-order valence-electron chi connectivity index (χ0n) is 8.95. The Morgan fingerprint density at radius 3 is 2.59 bits per heavy atom. The Hall–Kier alpha value is -2.17. The number of fused-ring (bicyclic) bond motifs is 2. The highest BCUT2D eigenvalue weighted by atomic mass is 16.2. The van der Waals surface area contributed by atoms with Crippen molar-refractivity contribution in [3.8, 4) is 0 Å². The van der Waals surface area contributed by atoms with Crippen LogP contribution in [0, 0.1) is 0 Å². The Morgan fingerprint density at radius 2 is 1.88 bits per heavy atom. The molecule has 1 unspecified atom stereocenters. The molecule has 3 amide bonds. The molecule has 1 heterocycles. The third kappa shape index (κ3) is 1.28. The van der Waals surface area contributed by atoms with Gasteiger partial charge in [-0.2, -0.15) is 0 Å². The SMILES string of the molecule is O=C1Cc2ccccc2C2(C1)NC(=O)NC2=O. The van der Waals surface area contributed by atoms with Crippen molar-refractivity contribution >= 4 is 17.7 Å². The van der Waals surface area contributed by atoms with Crippen molar-refractivity contribution in [3.63, 3.8) is 0 Å². The quantitative estimate of drug-likeness (QED) is 0.627. The molecule has 0 bridgehead atoms. The van der Waals surface area contributed by atoms with Gasteiger partial charge in [0.2, 0.25) is 0 Å². The normalized spacial score (nSPS) is 26.7. The summed E-state index contributed by atoms with van der Waals surface area (Å²) in [5, 5.41) is 4.78. The molecule has 1 saturated heterocycles. The molecule has 0 aromatic heterocycles. The summed E-state index contributed by atoms with van der Waals surface area (Å²) in [5.41, 5.74) is 0.340. The summed E-state index contributed by atoms with van der Waals surface area (Å²) in [6, 6.07) is 6.67. The van der Waals surface area contributed by atoms with Gasteiger partial charge in [0.1, 0.15) is 5.78 Å². The second-order valence-electron chi connectivity index (χ2n) is 4.36. The van der Waals surface area contributed by atoms with Crippen LogP contribution in [0.3, 0.4) is 0 Å². The van der Waals surface area contributed by atoms with E-state index in [-0.39, 0.29) is 12.2 Å². The second kappa shape index (κ2) is 3.16. The molecule has 1 fully saturated rings. The van der Waals surface area contributed by atoms with Crippen LogP contribution >= 0.6 is 0 Å². The van der Waals surface area contributed by atoms with Gasteiger partial charge in [0.05, 0.1) is 0 Å². The number of imide groups is 1. The number of amides is 3. The highest BCUT2D eigenvalue weighted by molar-refractivity contribution is 6.10. The fourth-order valence-electron chi connectivity index (χ4n) is 2.56. The Morgan fingerprint density at radius 1 is 1.12 bits per heavy atom. The first-order valence-corrected chi connectivity index (χ1v) is 5.35. The van der Waals surface area contributed by atoms with Gasteiger partial charge >= 0.3 is 6.03 Å². The second-order valence-corrected chi connectivity index (χ2v) is 4.36. The molecule has 86 valence electrons. The number of carbonyl (C=O) groups excluding carboxylic acids is 3. The van der Waals surface area contributed by atoms with Crippen molar-refractivity contribution in [2.75, 3.05) is 0 Å². The molecular weight excluding hydrogens is 220 g/mol. The van der Waals surface area contributed by atoms with E-state index < -0.39 is 17.5 Å². The van der Waals surface area contributed by atoms with Crippen LogP contribution in [-0.2, 0) is 21.5 Å². The van der Waals surface area contributed by atoms with E-state index in [1.807, 2.05) is 12.1 Å². The van der Waals surface area contributed by atoms with Gasteiger partial charge in [0.15, 0.2) is 5.54 Å². The number of urea groups is 1. The maximum atomic E-state index is 11.9. The van der Waals surface area contributed by atoms with Crippen molar-refractivity contribution in [1.82, 2.24) is 10.6 Å². The fraction of sp³-hybridized carbons (Fsp3) is 0.250. The summed E-state index contributed by atoms with van der Waals surface area (Å²) in [6.07, 6.45) is 0.350. The number of Topliss-reactive ketones (excluding diaryl/α,β-unsaturated/α-hetero) is 1. The zero-order valence-corrected chi connectivity index (χ0v) is 8.95. The number of hydrogen-bond acceptors (Lipinski definition) is 3. The molecule has 1 aromatic rings. The van der Waals surface area contributed by atoms with E-state index in [1.165, 1.54) is 0 Å². The van der Waals surface area contributed by atoms with Crippen molar-refractivity contribution < 1.29 is 14.4 Å². The molecular formula is C12H10N2O3. The predicted molar refractivity (Wildman–Crippen MR) is 58.1 cm³/mol. The lowest BCUT2D eigenvalue weighted by Gasteiger charge is -2.31. The molecule has 5 nitrogen and oxygen atoms in total. The number of carbonyl (C=O) groups is 3. The monoisotopic (exact) mass is 230 g/mol. The Bertz CT molecular complexity index is 552. The van der Waals surface area contributed by atoms with Crippen LogP contribution in [0.5, 0.6) is 0 Å². The summed E-state index contributed by atoms with van der Waals surface area (Å²) in [6.45, 7) is 0. The van der Waals surface area contributed by atoms with Crippen molar-refractivity contribution in [1.29, 1.82) is 0 Å². The molecule has 1 aliphatic carbocycles. The Balaban J connectivity index is 2.21. The molecule has 2 aliphatic rings. The Kier molecular flexibility index (Phi) is 1.86. The minimum Gasteiger partial charge on any atom is -0.319 e. The number of nitrogens with one attached hydrogen (secondary N) is 2. The minimum absolute atomic E-state index is 0.0294. The summed E-state index contributed by atoms with van der Waals surface area (Å²) >= 11 is 0. The van der Waals surface area contributed by atoms with Crippen LogP contribution in [0.4, 0.5) is 4.79 Å². The average Bonchev–Trinajstić information content (AvgIpc) is 2.54. The van der Waals surface area contributed by atoms with Crippen molar-refractivity contribution in [3.05, 3.63) is 35.4 Å². The average molecular weight is 230 g/mol. The summed E-state index contributed by atoms with van der Waals surface area (Å²) < 4.78 is 0. The third-order valence-corrected chi connectivity index (χ3v) is 3.27. The van der Waals surface area contributed by atoms with Crippen LogP contribution in [-0.4, -0.2) is 17.7 Å². The van der Waals surface area contributed by atoms with E-state index in [2.05, 4.69) is 10.6 Å². The molecule has 3 rings (SSSR count). The van der Waals surface area contributed by atoms with Crippen LogP contribution in [0.1, 0.15) is 17.5 Å². The predicted octanol–water partition coefficient (Wildman–Crippen LogP) is 0.237. The van der Waals surface area contributed by atoms with Gasteiger partial charge in [-0.1, -0.05) is 24.3 Å². The lowest BCUT2D eigenvalue weighted by Crippen LogP contribution is -2.48. The molecule has 0 radical (unpaired) electrons. The largest absolute Gasteiger partial charge is 0.322 e. The molecule has 1 aliphatic heterocycles. The van der Waals surface area contributed by atoms with E-state index in [0.29, 0.717) is 6.42 Å². The maximum Gasteiger partial charge on any atom is 0.322 e. The van der Waals surface area contributed by atoms with Gasteiger partial charge in [0.25, 0.3) is 5.91 Å². The van der Waals surface area contributed by atoms with Gasteiger partial charge in [-0.25, -0.2) is 4.79 Å². The first-order chi connectivity index (χ1) is 8.12. The van der Waals surface area contributed by atoms with E-state index in [0.717, 1.165) is 11.1 Å². The van der Waals surface area contributed by atoms with E-state index in [1.54, 1.807) is 12.1 Å². The van der Waals surface area contributed by atoms with E-state index in [4.69, 9.17) is 0 Å². The molecule has 1 spiro atoms. The number of rotatable bonds is 0. The molecule has 5 heteroatoms. The highest BCUT2D eigenvalue weighted by Gasteiger charge is 2.51. The smallest absolute Gasteiger partial charge is 0.319 e. The first-order valence-electron chi connectivity index (χ1n) is 5.35. The number of hydrogen-bond donors (Lipinski definition) is 2. The van der Waals surface area contributed by atoms with Crippen molar-refractivity contribution in [2.24, 2.45) is 0 Å². The van der Waals surface area contributed by atoms with Gasteiger partial charge in [-0.05, 0) is 11.1 Å². The molecule has 1 aromatic carbocycles. The standard InChI is InChI=1S/C12H10N2O3/c15-8-5-7-3-1-2-4-9(7)12(6-8)10(16)13-11(17)14-12/h1-4H,5-6H2,(H2,13,14,16,17). The van der Waals surface area contributed by atoms with Crippen molar-refractivity contribution in [2.45, 2.75) is 18.4 Å². The Labute approximate surface area is 97.2 Å². The van der Waals surface area contributed by atoms with Gasteiger partial charge in [0, 0.05) is 12.8 Å².